The van der Waals surface area contributed by atoms with Gasteiger partial charge in [-0.1, -0.05) is 6.92 Å². The lowest BCUT2D eigenvalue weighted by Crippen LogP contribution is -2.21. The molecule has 0 aliphatic rings. The van der Waals surface area contributed by atoms with E-state index in [9.17, 15) is 17.2 Å². The second-order valence-electron chi connectivity index (χ2n) is 4.37. The molecule has 0 atom stereocenters. The van der Waals surface area contributed by atoms with Gasteiger partial charge in [0.15, 0.2) is 0 Å². The monoisotopic (exact) mass is 291 g/mol. The van der Waals surface area contributed by atoms with Crippen molar-refractivity contribution < 1.29 is 17.2 Å². The van der Waals surface area contributed by atoms with Crippen LogP contribution in [0.1, 0.15) is 18.9 Å². The maximum atomic E-state index is 12.9. The number of rotatable bonds is 8. The molecule has 0 bridgehead atoms. The molecule has 1 rings (SSSR count). The molecule has 0 unspecified atom stereocenters. The van der Waals surface area contributed by atoms with E-state index in [1.165, 1.54) is 12.1 Å². The minimum Gasteiger partial charge on any atom is -0.316 e. The molecular formula is C13H19F2NO2S. The fourth-order valence-electron chi connectivity index (χ4n) is 1.67. The van der Waals surface area contributed by atoms with Crippen LogP contribution in [-0.4, -0.2) is 33.0 Å². The lowest BCUT2D eigenvalue weighted by molar-refractivity contribution is 0.576. The van der Waals surface area contributed by atoms with Crippen LogP contribution in [0, 0.1) is 11.6 Å². The van der Waals surface area contributed by atoms with Crippen molar-refractivity contribution in [3.63, 3.8) is 0 Å². The summed E-state index contributed by atoms with van der Waals surface area (Å²) in [6, 6.07) is 3.44. The van der Waals surface area contributed by atoms with Gasteiger partial charge in [-0.3, -0.25) is 0 Å². The van der Waals surface area contributed by atoms with Gasteiger partial charge in [0.2, 0.25) is 0 Å². The number of benzene rings is 1. The second kappa shape index (κ2) is 7.55. The zero-order chi connectivity index (χ0) is 14.3. The molecule has 6 heteroatoms. The standard InChI is InChI=1S/C13H19F2NO2S/c1-2-19(17,18)7-3-5-16-6-4-11-8-12(14)10-13(15)9-11/h8-10,16H,2-7H2,1H3. The van der Waals surface area contributed by atoms with Crippen molar-refractivity contribution in [2.24, 2.45) is 0 Å². The van der Waals surface area contributed by atoms with Crippen molar-refractivity contribution >= 4 is 9.84 Å². The van der Waals surface area contributed by atoms with E-state index in [2.05, 4.69) is 5.32 Å². The predicted octanol–water partition coefficient (Wildman–Crippen LogP) is 1.92. The third-order valence-corrected chi connectivity index (χ3v) is 4.55. The van der Waals surface area contributed by atoms with Crippen LogP contribution in [0.2, 0.25) is 0 Å². The van der Waals surface area contributed by atoms with E-state index >= 15 is 0 Å². The molecule has 0 spiro atoms. The summed E-state index contributed by atoms with van der Waals surface area (Å²) >= 11 is 0. The van der Waals surface area contributed by atoms with Crippen molar-refractivity contribution in [2.45, 2.75) is 19.8 Å². The average Bonchev–Trinajstić information content (AvgIpc) is 2.32. The summed E-state index contributed by atoms with van der Waals surface area (Å²) in [6.07, 6.45) is 1.06. The molecule has 0 heterocycles. The SMILES string of the molecule is CCS(=O)(=O)CCCNCCc1cc(F)cc(F)c1. The summed E-state index contributed by atoms with van der Waals surface area (Å²) < 4.78 is 48.2. The minimum atomic E-state index is -2.91. The third-order valence-electron chi connectivity index (χ3n) is 2.76. The van der Waals surface area contributed by atoms with Crippen molar-refractivity contribution in [2.75, 3.05) is 24.6 Å². The van der Waals surface area contributed by atoms with E-state index < -0.39 is 21.5 Å². The number of hydrogen-bond acceptors (Lipinski definition) is 3. The fourth-order valence-corrected chi connectivity index (χ4v) is 2.55. The highest BCUT2D eigenvalue weighted by atomic mass is 32.2. The molecule has 1 N–H and O–H groups in total. The van der Waals surface area contributed by atoms with E-state index in [1.54, 1.807) is 6.92 Å². The second-order valence-corrected chi connectivity index (χ2v) is 6.84. The molecule has 19 heavy (non-hydrogen) atoms. The molecule has 1 aromatic carbocycles. The van der Waals surface area contributed by atoms with Crippen molar-refractivity contribution in [3.05, 3.63) is 35.4 Å². The van der Waals surface area contributed by atoms with Gasteiger partial charge in [-0.15, -0.1) is 0 Å². The molecule has 0 radical (unpaired) electrons. The van der Waals surface area contributed by atoms with Gasteiger partial charge in [0.25, 0.3) is 0 Å². The molecular weight excluding hydrogens is 272 g/mol. The third kappa shape index (κ3) is 6.63. The van der Waals surface area contributed by atoms with E-state index in [1.807, 2.05) is 0 Å². The lowest BCUT2D eigenvalue weighted by Gasteiger charge is -2.05. The van der Waals surface area contributed by atoms with Crippen molar-refractivity contribution in [1.82, 2.24) is 5.32 Å². The Labute approximate surface area is 112 Å². The number of nitrogens with one attached hydrogen (secondary N) is 1. The first kappa shape index (κ1) is 16.0. The minimum absolute atomic E-state index is 0.162. The Bertz CT molecular complexity index is 483. The van der Waals surface area contributed by atoms with Gasteiger partial charge in [0.05, 0.1) is 5.75 Å². The first-order valence-corrected chi connectivity index (χ1v) is 8.11. The summed E-state index contributed by atoms with van der Waals surface area (Å²) in [5, 5.41) is 3.06. The Morgan fingerprint density at radius 3 is 2.32 bits per heavy atom. The van der Waals surface area contributed by atoms with Crippen LogP contribution in [-0.2, 0) is 16.3 Å². The highest BCUT2D eigenvalue weighted by Crippen LogP contribution is 2.08. The largest absolute Gasteiger partial charge is 0.316 e. The van der Waals surface area contributed by atoms with Crippen LogP contribution >= 0.6 is 0 Å². The summed E-state index contributed by atoms with van der Waals surface area (Å²) in [5.74, 6) is -0.825. The first-order chi connectivity index (χ1) is 8.93. The predicted molar refractivity (Wildman–Crippen MR) is 71.9 cm³/mol. The van der Waals surface area contributed by atoms with Gasteiger partial charge in [-0.25, -0.2) is 17.2 Å². The quantitative estimate of drug-likeness (QED) is 0.744. The Morgan fingerprint density at radius 1 is 1.11 bits per heavy atom. The average molecular weight is 291 g/mol. The van der Waals surface area contributed by atoms with E-state index in [4.69, 9.17) is 0 Å². The van der Waals surface area contributed by atoms with Gasteiger partial charge in [-0.2, -0.15) is 0 Å². The van der Waals surface area contributed by atoms with Crippen LogP contribution in [0.4, 0.5) is 8.78 Å². The Kier molecular flexibility index (Phi) is 6.37. The Balaban J connectivity index is 2.21. The molecule has 0 saturated heterocycles. The van der Waals surface area contributed by atoms with Gasteiger partial charge in [0.1, 0.15) is 21.5 Å². The molecule has 0 aliphatic carbocycles. The summed E-state index contributed by atoms with van der Waals surface area (Å²) in [7, 11) is -2.91. The molecule has 0 saturated carbocycles. The lowest BCUT2D eigenvalue weighted by atomic mass is 10.1. The highest BCUT2D eigenvalue weighted by Gasteiger charge is 2.06. The molecule has 1 aromatic rings. The molecule has 108 valence electrons. The molecule has 0 aliphatic heterocycles. The van der Waals surface area contributed by atoms with Crippen LogP contribution in [0.3, 0.4) is 0 Å². The van der Waals surface area contributed by atoms with Crippen molar-refractivity contribution in [3.8, 4) is 0 Å². The van der Waals surface area contributed by atoms with Crippen molar-refractivity contribution in [1.29, 1.82) is 0 Å². The van der Waals surface area contributed by atoms with Gasteiger partial charge in [-0.05, 0) is 43.6 Å². The Morgan fingerprint density at radius 2 is 1.74 bits per heavy atom. The fraction of sp³-hybridized carbons (Fsp3) is 0.538. The normalized spacial score (nSPS) is 11.7. The summed E-state index contributed by atoms with van der Waals surface area (Å²) in [5.41, 5.74) is 0.589. The summed E-state index contributed by atoms with van der Waals surface area (Å²) in [4.78, 5) is 0. The summed E-state index contributed by atoms with van der Waals surface area (Å²) in [6.45, 7) is 2.77. The maximum absolute atomic E-state index is 12.9. The van der Waals surface area contributed by atoms with E-state index in [0.717, 1.165) is 6.07 Å². The molecule has 0 fully saturated rings. The Hall–Kier alpha value is -1.01. The zero-order valence-corrected chi connectivity index (χ0v) is 11.8. The maximum Gasteiger partial charge on any atom is 0.150 e. The number of hydrogen-bond donors (Lipinski definition) is 1. The molecule has 3 nitrogen and oxygen atoms in total. The molecule has 0 aromatic heterocycles. The van der Waals surface area contributed by atoms with Crippen LogP contribution in [0.15, 0.2) is 18.2 Å². The highest BCUT2D eigenvalue weighted by molar-refractivity contribution is 7.91. The van der Waals surface area contributed by atoms with E-state index in [-0.39, 0.29) is 11.5 Å². The molecule has 0 amide bonds. The first-order valence-electron chi connectivity index (χ1n) is 6.29. The van der Waals surface area contributed by atoms with Gasteiger partial charge < -0.3 is 5.32 Å². The smallest absolute Gasteiger partial charge is 0.150 e. The van der Waals surface area contributed by atoms with Gasteiger partial charge >= 0.3 is 0 Å². The van der Waals surface area contributed by atoms with Crippen LogP contribution < -0.4 is 5.32 Å². The topological polar surface area (TPSA) is 46.2 Å². The van der Waals surface area contributed by atoms with Crippen LogP contribution in [0.5, 0.6) is 0 Å². The zero-order valence-electron chi connectivity index (χ0n) is 11.0. The van der Waals surface area contributed by atoms with E-state index in [0.29, 0.717) is 31.5 Å². The number of halogens is 2. The van der Waals surface area contributed by atoms with Crippen LogP contribution in [0.25, 0.3) is 0 Å². The van der Waals surface area contributed by atoms with Gasteiger partial charge in [0, 0.05) is 11.8 Å². The number of sulfone groups is 1.